The van der Waals surface area contributed by atoms with Crippen LogP contribution in [-0.2, 0) is 16.1 Å². The van der Waals surface area contributed by atoms with E-state index in [1.807, 2.05) is 52.3 Å². The summed E-state index contributed by atoms with van der Waals surface area (Å²) in [6.07, 6.45) is 5.87. The number of nitrogens with one attached hydrogen (secondary N) is 1. The van der Waals surface area contributed by atoms with Gasteiger partial charge in [-0.3, -0.25) is 19.4 Å². The highest BCUT2D eigenvalue weighted by Crippen LogP contribution is 2.33. The molecule has 12 nitrogen and oxygen atoms in total. The lowest BCUT2D eigenvalue weighted by Crippen LogP contribution is -2.64. The standard InChI is InChI=1S/C41H55Cl2N7O5/c1-4-6-13-20-47(21-14-7-5-2)40(53)48-23-24-49(41(54)50(34-16-9-8-10-17-34)35-26-32(42)25-33(43)27-35)36(29-48)39(52)45-19-22-46(30-38(44)51)28-31-15-11-12-18-37(31)55-3/h8-12,15-18,25-27,36H,4-7,13-14,19-24,28-30H2,1-3H3,(H2,44,51)(H,45,52). The van der Waals surface area contributed by atoms with Crippen molar-refractivity contribution in [2.75, 3.05) is 64.4 Å². The van der Waals surface area contributed by atoms with E-state index in [2.05, 4.69) is 19.2 Å². The molecule has 1 unspecified atom stereocenters. The minimum Gasteiger partial charge on any atom is -0.496 e. The van der Waals surface area contributed by atoms with Crippen molar-refractivity contribution in [3.63, 3.8) is 0 Å². The van der Waals surface area contributed by atoms with Crippen molar-refractivity contribution in [1.82, 2.24) is 24.9 Å². The van der Waals surface area contributed by atoms with E-state index in [0.29, 0.717) is 46.8 Å². The van der Waals surface area contributed by atoms with Crippen molar-refractivity contribution in [3.8, 4) is 5.75 Å². The quantitative estimate of drug-likeness (QED) is 0.124. The molecule has 0 saturated carbocycles. The molecule has 1 aliphatic rings. The third-order valence-electron chi connectivity index (χ3n) is 9.54. The SMILES string of the molecule is CCCCCN(CCCCC)C(=O)N1CCN(C(=O)N(c2ccccc2)c2cc(Cl)cc(Cl)c2)C(C(=O)NCCN(CC(N)=O)Cc2ccccc2OC)C1. The summed E-state index contributed by atoms with van der Waals surface area (Å²) >= 11 is 12.8. The maximum absolute atomic E-state index is 14.8. The first-order valence-corrected chi connectivity index (χ1v) is 19.9. The van der Waals surface area contributed by atoms with Crippen LogP contribution in [0.15, 0.2) is 72.8 Å². The lowest BCUT2D eigenvalue weighted by atomic mass is 10.1. The third-order valence-corrected chi connectivity index (χ3v) is 9.97. The van der Waals surface area contributed by atoms with E-state index in [1.54, 1.807) is 42.3 Å². The molecule has 1 saturated heterocycles. The van der Waals surface area contributed by atoms with Crippen LogP contribution in [0.25, 0.3) is 0 Å². The van der Waals surface area contributed by atoms with E-state index in [1.165, 1.54) is 9.80 Å². The molecule has 3 N–H and O–H groups in total. The number of nitrogens with two attached hydrogens (primary N) is 1. The van der Waals surface area contributed by atoms with Crippen LogP contribution in [-0.4, -0.2) is 109 Å². The number of ether oxygens (including phenoxy) is 1. The van der Waals surface area contributed by atoms with E-state index < -0.39 is 23.9 Å². The molecular formula is C41H55Cl2N7O5. The van der Waals surface area contributed by atoms with Gasteiger partial charge in [-0.15, -0.1) is 0 Å². The van der Waals surface area contributed by atoms with E-state index in [4.69, 9.17) is 33.7 Å². The van der Waals surface area contributed by atoms with Gasteiger partial charge in [-0.25, -0.2) is 9.59 Å². The highest BCUT2D eigenvalue weighted by Gasteiger charge is 2.40. The summed E-state index contributed by atoms with van der Waals surface area (Å²) in [6, 6.07) is 19.8. The van der Waals surface area contributed by atoms with Gasteiger partial charge in [0.1, 0.15) is 11.8 Å². The number of hydrogen-bond donors (Lipinski definition) is 2. The van der Waals surface area contributed by atoms with Crippen molar-refractivity contribution in [2.45, 2.75) is 65.0 Å². The van der Waals surface area contributed by atoms with Gasteiger partial charge in [-0.05, 0) is 49.2 Å². The Kier molecular flexibility index (Phi) is 17.4. The summed E-state index contributed by atoms with van der Waals surface area (Å²) in [5.74, 6) is -0.267. The summed E-state index contributed by atoms with van der Waals surface area (Å²) in [5, 5.41) is 3.69. The van der Waals surface area contributed by atoms with Crippen molar-refractivity contribution < 1.29 is 23.9 Å². The summed E-state index contributed by atoms with van der Waals surface area (Å²) in [5.41, 5.74) is 7.45. The maximum Gasteiger partial charge on any atom is 0.329 e. The lowest BCUT2D eigenvalue weighted by molar-refractivity contribution is -0.127. The lowest BCUT2D eigenvalue weighted by Gasteiger charge is -2.43. The van der Waals surface area contributed by atoms with Crippen LogP contribution >= 0.6 is 23.2 Å². The number of halogens is 2. The van der Waals surface area contributed by atoms with Gasteiger partial charge in [0.2, 0.25) is 11.8 Å². The predicted molar refractivity (Wildman–Crippen MR) is 219 cm³/mol. The molecule has 0 aromatic heterocycles. The zero-order valence-corrected chi connectivity index (χ0v) is 33.7. The number of hydrogen-bond acceptors (Lipinski definition) is 6. The highest BCUT2D eigenvalue weighted by molar-refractivity contribution is 6.35. The number of nitrogens with zero attached hydrogens (tertiary/aromatic N) is 5. The van der Waals surface area contributed by atoms with E-state index in [0.717, 1.165) is 44.1 Å². The molecule has 55 heavy (non-hydrogen) atoms. The molecule has 4 rings (SSSR count). The Morgan fingerprint density at radius 1 is 0.818 bits per heavy atom. The largest absolute Gasteiger partial charge is 0.496 e. The number of unbranched alkanes of at least 4 members (excludes halogenated alkanes) is 4. The molecule has 3 aromatic rings. The third kappa shape index (κ3) is 12.8. The average molecular weight is 797 g/mol. The minimum atomic E-state index is -1.03. The molecule has 1 atom stereocenters. The van der Waals surface area contributed by atoms with Gasteiger partial charge in [-0.1, -0.05) is 99.1 Å². The van der Waals surface area contributed by atoms with Crippen LogP contribution in [0.2, 0.25) is 10.0 Å². The number of primary amides is 1. The number of anilines is 2. The number of piperazine rings is 1. The monoisotopic (exact) mass is 795 g/mol. The Morgan fingerprint density at radius 2 is 1.45 bits per heavy atom. The normalized spacial score (nSPS) is 14.1. The summed E-state index contributed by atoms with van der Waals surface area (Å²) in [4.78, 5) is 63.6. The first-order valence-electron chi connectivity index (χ1n) is 19.1. The summed E-state index contributed by atoms with van der Waals surface area (Å²) < 4.78 is 5.50. The molecule has 0 aliphatic carbocycles. The molecule has 0 bridgehead atoms. The van der Waals surface area contributed by atoms with Crippen molar-refractivity contribution in [1.29, 1.82) is 0 Å². The predicted octanol–water partition coefficient (Wildman–Crippen LogP) is 7.15. The molecular weight excluding hydrogens is 741 g/mol. The van der Waals surface area contributed by atoms with Crippen LogP contribution < -0.4 is 20.7 Å². The van der Waals surface area contributed by atoms with Crippen LogP contribution in [0.5, 0.6) is 5.75 Å². The van der Waals surface area contributed by atoms with Gasteiger partial charge < -0.3 is 30.5 Å². The van der Waals surface area contributed by atoms with Gasteiger partial charge in [0.05, 0.1) is 31.6 Å². The molecule has 298 valence electrons. The smallest absolute Gasteiger partial charge is 0.329 e. The molecule has 6 amide bonds. The van der Waals surface area contributed by atoms with Gasteiger partial charge >= 0.3 is 12.1 Å². The van der Waals surface area contributed by atoms with Crippen molar-refractivity contribution in [2.24, 2.45) is 5.73 Å². The van der Waals surface area contributed by atoms with Gasteiger partial charge in [0, 0.05) is 61.4 Å². The fourth-order valence-electron chi connectivity index (χ4n) is 6.73. The Balaban J connectivity index is 1.62. The second kappa shape index (κ2) is 22.1. The number of methoxy groups -OCH3 is 1. The summed E-state index contributed by atoms with van der Waals surface area (Å²) in [6.45, 7) is 6.64. The molecule has 0 radical (unpaired) electrons. The fourth-order valence-corrected chi connectivity index (χ4v) is 7.24. The Labute approximate surface area is 335 Å². The van der Waals surface area contributed by atoms with Crippen molar-refractivity contribution in [3.05, 3.63) is 88.4 Å². The number of para-hydroxylation sites is 2. The number of urea groups is 2. The second-order valence-electron chi connectivity index (χ2n) is 13.7. The van der Waals surface area contributed by atoms with Gasteiger partial charge in [-0.2, -0.15) is 0 Å². The van der Waals surface area contributed by atoms with E-state index in [9.17, 15) is 19.2 Å². The highest BCUT2D eigenvalue weighted by atomic mass is 35.5. The van der Waals surface area contributed by atoms with Gasteiger partial charge in [0.25, 0.3) is 0 Å². The van der Waals surface area contributed by atoms with Crippen molar-refractivity contribution >= 4 is 58.5 Å². The first kappa shape index (κ1) is 43.2. The number of carbonyl (C=O) groups excluding carboxylic acids is 4. The zero-order chi connectivity index (χ0) is 39.7. The number of rotatable bonds is 19. The Bertz CT molecular complexity index is 1690. The summed E-state index contributed by atoms with van der Waals surface area (Å²) in [7, 11) is 1.58. The minimum absolute atomic E-state index is 0.000389. The van der Waals surface area contributed by atoms with Crippen LogP contribution in [0, 0.1) is 0 Å². The molecule has 1 aliphatic heterocycles. The average Bonchev–Trinajstić information content (AvgIpc) is 3.17. The molecule has 1 fully saturated rings. The Morgan fingerprint density at radius 3 is 2.07 bits per heavy atom. The maximum atomic E-state index is 14.8. The number of benzene rings is 3. The number of carbonyl (C=O) groups is 4. The second-order valence-corrected chi connectivity index (χ2v) is 14.6. The van der Waals surface area contributed by atoms with Crippen LogP contribution in [0.3, 0.4) is 0 Å². The topological polar surface area (TPSA) is 132 Å². The Hall–Kier alpha value is -4.52. The first-order chi connectivity index (χ1) is 26.6. The number of amides is 6. The van der Waals surface area contributed by atoms with Gasteiger partial charge in [0.15, 0.2) is 0 Å². The molecule has 14 heteroatoms. The van der Waals surface area contributed by atoms with Crippen LogP contribution in [0.4, 0.5) is 21.0 Å². The molecule has 0 spiro atoms. The van der Waals surface area contributed by atoms with E-state index >= 15 is 0 Å². The zero-order valence-electron chi connectivity index (χ0n) is 32.2. The van der Waals surface area contributed by atoms with Crippen LogP contribution in [0.1, 0.15) is 57.9 Å². The van der Waals surface area contributed by atoms with E-state index in [-0.39, 0.29) is 45.3 Å². The fraction of sp³-hybridized carbons (Fsp3) is 0.463. The molecule has 3 aromatic carbocycles. The molecule has 1 heterocycles.